The third-order valence-corrected chi connectivity index (χ3v) is 4.67. The number of nitrogens with zero attached hydrogens (tertiary/aromatic N) is 3. The van der Waals surface area contributed by atoms with Gasteiger partial charge in [-0.05, 0) is 52.4 Å². The molecular weight excluding hydrogens is 286 g/mol. The Labute approximate surface area is 107 Å². The van der Waals surface area contributed by atoms with Gasteiger partial charge in [-0.15, -0.1) is 10.2 Å². The maximum Gasteiger partial charge on any atom is 0.175 e. The second-order valence-electron chi connectivity index (χ2n) is 3.99. The van der Waals surface area contributed by atoms with Crippen LogP contribution in [0.25, 0.3) is 5.65 Å². The van der Waals surface area contributed by atoms with Crippen LogP contribution in [0.5, 0.6) is 0 Å². The Morgan fingerprint density at radius 1 is 1.31 bits per heavy atom. The summed E-state index contributed by atoms with van der Waals surface area (Å²) in [6, 6.07) is 4.03. The van der Waals surface area contributed by atoms with Crippen LogP contribution >= 0.6 is 27.7 Å². The molecule has 3 rings (SSSR count). The van der Waals surface area contributed by atoms with Gasteiger partial charge in [0.15, 0.2) is 5.65 Å². The van der Waals surface area contributed by atoms with Crippen LogP contribution in [0.4, 0.5) is 0 Å². The third kappa shape index (κ3) is 1.76. The Bertz CT molecular complexity index is 505. The molecule has 3 nitrogen and oxygen atoms in total. The first-order chi connectivity index (χ1) is 7.86. The molecule has 0 N–H and O–H groups in total. The predicted octanol–water partition coefficient (Wildman–Crippen LogP) is 3.10. The van der Waals surface area contributed by atoms with Gasteiger partial charge in [0.25, 0.3) is 0 Å². The number of aromatic nitrogens is 3. The van der Waals surface area contributed by atoms with E-state index in [4.69, 9.17) is 0 Å². The van der Waals surface area contributed by atoms with Crippen molar-refractivity contribution >= 4 is 33.3 Å². The third-order valence-electron chi connectivity index (χ3n) is 3.00. The van der Waals surface area contributed by atoms with E-state index >= 15 is 0 Å². The van der Waals surface area contributed by atoms with Crippen LogP contribution in [0.1, 0.15) is 24.6 Å². The number of thioether (sulfide) groups is 1. The summed E-state index contributed by atoms with van der Waals surface area (Å²) in [4.78, 5) is 0. The lowest BCUT2D eigenvalue weighted by Crippen LogP contribution is -2.11. The Morgan fingerprint density at radius 3 is 2.94 bits per heavy atom. The van der Waals surface area contributed by atoms with E-state index in [0.717, 1.165) is 15.9 Å². The first-order valence-electron chi connectivity index (χ1n) is 5.43. The second kappa shape index (κ2) is 4.37. The number of fused-ring (bicyclic) bond motifs is 1. The fourth-order valence-electron chi connectivity index (χ4n) is 2.14. The molecular formula is C11H12BrN3S. The van der Waals surface area contributed by atoms with Crippen LogP contribution in [0.15, 0.2) is 22.8 Å². The summed E-state index contributed by atoms with van der Waals surface area (Å²) in [5.74, 6) is 4.18. The van der Waals surface area contributed by atoms with Crippen molar-refractivity contribution in [1.29, 1.82) is 0 Å². The average Bonchev–Trinajstić information content (AvgIpc) is 2.75. The zero-order valence-corrected chi connectivity index (χ0v) is 11.2. The van der Waals surface area contributed by atoms with E-state index in [-0.39, 0.29) is 0 Å². The first-order valence-corrected chi connectivity index (χ1v) is 7.38. The number of rotatable bonds is 1. The quantitative estimate of drug-likeness (QED) is 0.810. The van der Waals surface area contributed by atoms with E-state index < -0.39 is 0 Å². The van der Waals surface area contributed by atoms with Crippen LogP contribution in [-0.4, -0.2) is 26.1 Å². The molecule has 0 aromatic carbocycles. The minimum absolute atomic E-state index is 0.575. The average molecular weight is 298 g/mol. The molecule has 0 amide bonds. The Hall–Kier alpha value is -0.550. The molecule has 0 atom stereocenters. The van der Waals surface area contributed by atoms with Crippen LogP contribution in [0.3, 0.4) is 0 Å². The summed E-state index contributed by atoms with van der Waals surface area (Å²) >= 11 is 5.54. The van der Waals surface area contributed by atoms with Gasteiger partial charge in [-0.25, -0.2) is 0 Å². The summed E-state index contributed by atoms with van der Waals surface area (Å²) in [7, 11) is 0. The van der Waals surface area contributed by atoms with Crippen molar-refractivity contribution in [2.24, 2.45) is 0 Å². The molecule has 5 heteroatoms. The van der Waals surface area contributed by atoms with Gasteiger partial charge in [0.1, 0.15) is 5.82 Å². The van der Waals surface area contributed by atoms with E-state index in [0.29, 0.717) is 5.92 Å². The van der Waals surface area contributed by atoms with Gasteiger partial charge in [0, 0.05) is 12.1 Å². The van der Waals surface area contributed by atoms with E-state index in [1.165, 1.54) is 24.3 Å². The van der Waals surface area contributed by atoms with Crippen molar-refractivity contribution in [3.05, 3.63) is 28.6 Å². The topological polar surface area (TPSA) is 30.2 Å². The van der Waals surface area contributed by atoms with Gasteiger partial charge < -0.3 is 0 Å². The van der Waals surface area contributed by atoms with Crippen LogP contribution in [-0.2, 0) is 0 Å². The Balaban J connectivity index is 2.06. The lowest BCUT2D eigenvalue weighted by atomic mass is 10.0. The highest BCUT2D eigenvalue weighted by molar-refractivity contribution is 9.10. The van der Waals surface area contributed by atoms with Gasteiger partial charge >= 0.3 is 0 Å². The fourth-order valence-corrected chi connectivity index (χ4v) is 3.66. The minimum atomic E-state index is 0.575. The number of pyridine rings is 1. The van der Waals surface area contributed by atoms with Crippen molar-refractivity contribution in [3.63, 3.8) is 0 Å². The van der Waals surface area contributed by atoms with E-state index in [2.05, 4.69) is 36.7 Å². The number of halogens is 1. The standard InChI is InChI=1S/C11H12BrN3S/c12-9-2-1-5-15-10(13-14-11(9)15)8-3-6-16-7-4-8/h1-2,5,8H,3-4,6-7H2. The molecule has 1 fully saturated rings. The molecule has 0 spiro atoms. The molecule has 0 saturated carbocycles. The highest BCUT2D eigenvalue weighted by Gasteiger charge is 2.21. The van der Waals surface area contributed by atoms with Crippen LogP contribution in [0, 0.1) is 0 Å². The summed E-state index contributed by atoms with van der Waals surface area (Å²) in [6.45, 7) is 0. The maximum atomic E-state index is 4.35. The number of hydrogen-bond acceptors (Lipinski definition) is 3. The molecule has 2 aromatic heterocycles. The summed E-state index contributed by atoms with van der Waals surface area (Å²) in [5, 5.41) is 8.61. The van der Waals surface area contributed by atoms with Gasteiger partial charge in [0.2, 0.25) is 0 Å². The van der Waals surface area contributed by atoms with E-state index in [1.54, 1.807) is 0 Å². The highest BCUT2D eigenvalue weighted by atomic mass is 79.9. The van der Waals surface area contributed by atoms with Gasteiger partial charge in [-0.1, -0.05) is 0 Å². The minimum Gasteiger partial charge on any atom is -0.285 e. The zero-order chi connectivity index (χ0) is 11.0. The fraction of sp³-hybridized carbons (Fsp3) is 0.455. The first kappa shape index (κ1) is 10.6. The summed E-state index contributed by atoms with van der Waals surface area (Å²) in [6.07, 6.45) is 4.49. The highest BCUT2D eigenvalue weighted by Crippen LogP contribution is 2.31. The molecule has 2 aromatic rings. The lowest BCUT2D eigenvalue weighted by molar-refractivity contribution is 0.592. The number of hydrogen-bond donors (Lipinski definition) is 0. The molecule has 3 heterocycles. The van der Waals surface area contributed by atoms with Crippen molar-refractivity contribution < 1.29 is 0 Å². The molecule has 84 valence electrons. The molecule has 0 radical (unpaired) electrons. The summed E-state index contributed by atoms with van der Waals surface area (Å²) < 4.78 is 3.13. The van der Waals surface area contributed by atoms with Crippen LogP contribution < -0.4 is 0 Å². The molecule has 16 heavy (non-hydrogen) atoms. The molecule has 0 bridgehead atoms. The zero-order valence-electron chi connectivity index (χ0n) is 8.77. The van der Waals surface area contributed by atoms with Crippen molar-refractivity contribution in [2.45, 2.75) is 18.8 Å². The second-order valence-corrected chi connectivity index (χ2v) is 6.07. The molecule has 1 saturated heterocycles. The van der Waals surface area contributed by atoms with Gasteiger partial charge in [0.05, 0.1) is 4.47 Å². The van der Waals surface area contributed by atoms with E-state index in [9.17, 15) is 0 Å². The van der Waals surface area contributed by atoms with Gasteiger partial charge in [-0.3, -0.25) is 4.40 Å². The SMILES string of the molecule is Brc1cccn2c(C3CCSCC3)nnc12. The molecule has 0 aliphatic carbocycles. The van der Waals surface area contributed by atoms with Gasteiger partial charge in [-0.2, -0.15) is 11.8 Å². The Kier molecular flexibility index (Phi) is 2.90. The van der Waals surface area contributed by atoms with Crippen molar-refractivity contribution in [1.82, 2.24) is 14.6 Å². The summed E-state index contributed by atoms with van der Waals surface area (Å²) in [5.41, 5.74) is 0.927. The smallest absolute Gasteiger partial charge is 0.175 e. The Morgan fingerprint density at radius 2 is 2.12 bits per heavy atom. The lowest BCUT2D eigenvalue weighted by Gasteiger charge is -2.19. The van der Waals surface area contributed by atoms with Crippen LogP contribution in [0.2, 0.25) is 0 Å². The molecule has 1 aliphatic rings. The monoisotopic (exact) mass is 297 g/mol. The molecule has 1 aliphatic heterocycles. The maximum absolute atomic E-state index is 4.35. The normalized spacial score (nSPS) is 18.1. The van der Waals surface area contributed by atoms with E-state index in [1.807, 2.05) is 23.9 Å². The predicted molar refractivity (Wildman–Crippen MR) is 70.0 cm³/mol. The molecule has 0 unspecified atom stereocenters. The van der Waals surface area contributed by atoms with Crippen molar-refractivity contribution in [3.8, 4) is 0 Å². The largest absolute Gasteiger partial charge is 0.285 e. The van der Waals surface area contributed by atoms with Crippen molar-refractivity contribution in [2.75, 3.05) is 11.5 Å².